The standard InChI is InChI=1S/C29H37ClN4O3S/c1-38(35,36)33-16-13-28-26(22-33)29(31-34(28)15-6-14-32-17-19-37-20-18-32)25-11-12-27(30)24(21-25)10-5-9-23-7-3-2-4-8-23/h2-4,7-8,11-12,21H,5-6,9-10,13-20,22H2,1H3. The highest BCUT2D eigenvalue weighted by Crippen LogP contribution is 2.33. The molecule has 0 atom stereocenters. The summed E-state index contributed by atoms with van der Waals surface area (Å²) >= 11 is 6.61. The fraction of sp³-hybridized carbons (Fsp3) is 0.483. The van der Waals surface area contributed by atoms with Gasteiger partial charge in [0.15, 0.2) is 0 Å². The number of hydrogen-bond donors (Lipinski definition) is 0. The Morgan fingerprint density at radius 1 is 0.974 bits per heavy atom. The third kappa shape index (κ3) is 6.66. The zero-order valence-corrected chi connectivity index (χ0v) is 23.7. The van der Waals surface area contributed by atoms with Gasteiger partial charge < -0.3 is 4.74 Å². The summed E-state index contributed by atoms with van der Waals surface area (Å²) in [5.41, 5.74) is 6.48. The summed E-state index contributed by atoms with van der Waals surface area (Å²) in [4.78, 5) is 2.44. The highest BCUT2D eigenvalue weighted by Gasteiger charge is 2.30. The number of sulfonamides is 1. The van der Waals surface area contributed by atoms with Crippen molar-refractivity contribution in [3.05, 3.63) is 75.9 Å². The van der Waals surface area contributed by atoms with E-state index in [4.69, 9.17) is 21.4 Å². The Labute approximate surface area is 231 Å². The van der Waals surface area contributed by atoms with Gasteiger partial charge in [-0.2, -0.15) is 9.40 Å². The van der Waals surface area contributed by atoms with E-state index in [-0.39, 0.29) is 0 Å². The van der Waals surface area contributed by atoms with Crippen LogP contribution in [0.2, 0.25) is 5.02 Å². The van der Waals surface area contributed by atoms with Crippen molar-refractivity contribution < 1.29 is 13.2 Å². The van der Waals surface area contributed by atoms with Gasteiger partial charge in [-0.1, -0.05) is 48.0 Å². The summed E-state index contributed by atoms with van der Waals surface area (Å²) in [6, 6.07) is 16.6. The molecule has 1 aromatic heterocycles. The Balaban J connectivity index is 1.37. The highest BCUT2D eigenvalue weighted by molar-refractivity contribution is 7.88. The van der Waals surface area contributed by atoms with Crippen LogP contribution >= 0.6 is 11.6 Å². The van der Waals surface area contributed by atoms with E-state index < -0.39 is 10.0 Å². The van der Waals surface area contributed by atoms with Crippen LogP contribution in [0.15, 0.2) is 48.5 Å². The third-order valence-electron chi connectivity index (χ3n) is 7.59. The SMILES string of the molecule is CS(=O)(=O)N1CCc2c(c(-c3ccc(Cl)c(CCCc4ccccc4)c3)nn2CCCN2CCOCC2)C1. The summed E-state index contributed by atoms with van der Waals surface area (Å²) in [6.07, 6.45) is 5.83. The first-order valence-corrected chi connectivity index (χ1v) is 15.8. The minimum atomic E-state index is -3.29. The molecule has 2 aliphatic rings. The van der Waals surface area contributed by atoms with Gasteiger partial charge in [-0.15, -0.1) is 0 Å². The minimum absolute atomic E-state index is 0.360. The molecule has 3 heterocycles. The summed E-state index contributed by atoms with van der Waals surface area (Å²) in [5, 5.41) is 5.83. The average Bonchev–Trinajstić information content (AvgIpc) is 3.28. The van der Waals surface area contributed by atoms with Crippen molar-refractivity contribution in [3.63, 3.8) is 0 Å². The first kappa shape index (κ1) is 27.3. The van der Waals surface area contributed by atoms with Gasteiger partial charge >= 0.3 is 0 Å². The number of halogens is 1. The molecule has 9 heteroatoms. The molecule has 0 unspecified atom stereocenters. The van der Waals surface area contributed by atoms with Crippen LogP contribution in [0, 0.1) is 0 Å². The van der Waals surface area contributed by atoms with Crippen LogP contribution in [0.3, 0.4) is 0 Å². The molecule has 1 saturated heterocycles. The summed E-state index contributed by atoms with van der Waals surface area (Å²) in [7, 11) is -3.29. The molecular formula is C29H37ClN4O3S. The van der Waals surface area contributed by atoms with Crippen LogP contribution in [0.4, 0.5) is 0 Å². The number of benzene rings is 2. The predicted molar refractivity (Wildman–Crippen MR) is 152 cm³/mol. The van der Waals surface area contributed by atoms with Crippen molar-refractivity contribution in [2.45, 2.75) is 45.2 Å². The third-order valence-corrected chi connectivity index (χ3v) is 9.21. The topological polar surface area (TPSA) is 67.7 Å². The summed E-state index contributed by atoms with van der Waals surface area (Å²) in [5.74, 6) is 0. The lowest BCUT2D eigenvalue weighted by atomic mass is 9.98. The molecule has 2 aromatic carbocycles. The van der Waals surface area contributed by atoms with Crippen molar-refractivity contribution in [2.24, 2.45) is 0 Å². The summed E-state index contributed by atoms with van der Waals surface area (Å²) in [6.45, 7) is 6.23. The second-order valence-corrected chi connectivity index (χ2v) is 12.7. The van der Waals surface area contributed by atoms with Gasteiger partial charge in [-0.05, 0) is 48.9 Å². The first-order chi connectivity index (χ1) is 18.4. The van der Waals surface area contributed by atoms with Gasteiger partial charge in [0.1, 0.15) is 0 Å². The molecule has 7 nitrogen and oxygen atoms in total. The van der Waals surface area contributed by atoms with Gasteiger partial charge in [-0.3, -0.25) is 9.58 Å². The van der Waals surface area contributed by atoms with E-state index in [2.05, 4.69) is 39.9 Å². The maximum atomic E-state index is 12.4. The van der Waals surface area contributed by atoms with Crippen LogP contribution in [0.5, 0.6) is 0 Å². The molecule has 0 radical (unpaired) electrons. The van der Waals surface area contributed by atoms with Crippen LogP contribution in [-0.2, 0) is 47.1 Å². The first-order valence-electron chi connectivity index (χ1n) is 13.5. The van der Waals surface area contributed by atoms with Crippen molar-refractivity contribution in [1.29, 1.82) is 0 Å². The lowest BCUT2D eigenvalue weighted by molar-refractivity contribution is 0.0368. The van der Waals surface area contributed by atoms with Crippen LogP contribution < -0.4 is 0 Å². The Morgan fingerprint density at radius 2 is 1.76 bits per heavy atom. The Morgan fingerprint density at radius 3 is 2.53 bits per heavy atom. The molecular weight excluding hydrogens is 520 g/mol. The largest absolute Gasteiger partial charge is 0.379 e. The second-order valence-electron chi connectivity index (χ2n) is 10.3. The van der Waals surface area contributed by atoms with E-state index in [1.807, 2.05) is 18.2 Å². The minimum Gasteiger partial charge on any atom is -0.379 e. The molecule has 0 N–H and O–H groups in total. The molecule has 3 aromatic rings. The molecule has 2 aliphatic heterocycles. The number of morpholine rings is 1. The maximum absolute atomic E-state index is 12.4. The molecule has 1 fully saturated rings. The fourth-order valence-electron chi connectivity index (χ4n) is 5.48. The molecule has 0 amide bonds. The average molecular weight is 557 g/mol. The number of nitrogens with zero attached hydrogens (tertiary/aromatic N) is 4. The maximum Gasteiger partial charge on any atom is 0.211 e. The van der Waals surface area contributed by atoms with Crippen molar-refractivity contribution in [1.82, 2.24) is 19.0 Å². The van der Waals surface area contributed by atoms with Crippen molar-refractivity contribution >= 4 is 21.6 Å². The van der Waals surface area contributed by atoms with E-state index in [9.17, 15) is 8.42 Å². The van der Waals surface area contributed by atoms with Gasteiger partial charge in [-0.25, -0.2) is 8.42 Å². The number of fused-ring (bicyclic) bond motifs is 1. The number of aryl methyl sites for hydroxylation is 3. The van der Waals surface area contributed by atoms with E-state index >= 15 is 0 Å². The molecule has 38 heavy (non-hydrogen) atoms. The number of hydrogen-bond acceptors (Lipinski definition) is 5. The lowest BCUT2D eigenvalue weighted by Crippen LogP contribution is -2.37. The zero-order chi connectivity index (χ0) is 26.5. The normalized spacial score (nSPS) is 17.0. The Bertz CT molecular complexity index is 1340. The molecule has 0 aliphatic carbocycles. The highest BCUT2D eigenvalue weighted by atomic mass is 35.5. The van der Waals surface area contributed by atoms with E-state index in [0.717, 1.165) is 98.2 Å². The van der Waals surface area contributed by atoms with E-state index in [0.29, 0.717) is 19.5 Å². The van der Waals surface area contributed by atoms with Crippen molar-refractivity contribution in [2.75, 3.05) is 45.6 Å². The zero-order valence-electron chi connectivity index (χ0n) is 22.1. The van der Waals surface area contributed by atoms with E-state index in [1.165, 1.54) is 11.8 Å². The molecule has 5 rings (SSSR count). The fourth-order valence-corrected chi connectivity index (χ4v) is 6.47. The molecule has 204 valence electrons. The monoisotopic (exact) mass is 556 g/mol. The molecule has 0 bridgehead atoms. The number of rotatable bonds is 10. The number of ether oxygens (including phenoxy) is 1. The van der Waals surface area contributed by atoms with Gasteiger partial charge in [0.2, 0.25) is 10.0 Å². The van der Waals surface area contributed by atoms with Crippen molar-refractivity contribution in [3.8, 4) is 11.3 Å². The number of aromatic nitrogens is 2. The van der Waals surface area contributed by atoms with Gasteiger partial charge in [0, 0.05) is 67.5 Å². The smallest absolute Gasteiger partial charge is 0.211 e. The van der Waals surface area contributed by atoms with Crippen LogP contribution in [0.25, 0.3) is 11.3 Å². The van der Waals surface area contributed by atoms with Gasteiger partial charge in [0.25, 0.3) is 0 Å². The summed E-state index contributed by atoms with van der Waals surface area (Å²) < 4.78 is 33.9. The molecule has 0 saturated carbocycles. The Kier molecular flexibility index (Phi) is 8.85. The van der Waals surface area contributed by atoms with Gasteiger partial charge in [0.05, 0.1) is 25.2 Å². The molecule has 0 spiro atoms. The Hall–Kier alpha value is -2.23. The quantitative estimate of drug-likeness (QED) is 0.370. The second kappa shape index (κ2) is 12.3. The lowest BCUT2D eigenvalue weighted by Gasteiger charge is -2.27. The van der Waals surface area contributed by atoms with E-state index in [1.54, 1.807) is 4.31 Å². The van der Waals surface area contributed by atoms with Crippen LogP contribution in [0.1, 0.15) is 35.2 Å². The predicted octanol–water partition coefficient (Wildman–Crippen LogP) is 4.42. The van der Waals surface area contributed by atoms with Crippen LogP contribution in [-0.4, -0.2) is 73.1 Å².